The minimum atomic E-state index is 0.478. The van der Waals surface area contributed by atoms with Gasteiger partial charge in [-0.2, -0.15) is 0 Å². The van der Waals surface area contributed by atoms with Crippen molar-refractivity contribution in [3.63, 3.8) is 0 Å². The molecule has 0 radical (unpaired) electrons. The highest BCUT2D eigenvalue weighted by molar-refractivity contribution is 6.02. The summed E-state index contributed by atoms with van der Waals surface area (Å²) in [7, 11) is 0. The highest BCUT2D eigenvalue weighted by Crippen LogP contribution is 2.35. The molecule has 0 aliphatic carbocycles. The Morgan fingerprint density at radius 2 is 1.36 bits per heavy atom. The fraction of sp³-hybridized carbons (Fsp3) is 0.381. The van der Waals surface area contributed by atoms with E-state index in [-0.39, 0.29) is 0 Å². The van der Waals surface area contributed by atoms with E-state index in [2.05, 4.69) is 83.1 Å². The van der Waals surface area contributed by atoms with Gasteiger partial charge in [0.15, 0.2) is 0 Å². The number of nitrogens with zero attached hydrogens (tertiary/aromatic N) is 1. The van der Waals surface area contributed by atoms with Crippen molar-refractivity contribution in [1.29, 1.82) is 0 Å². The Kier molecular flexibility index (Phi) is 5.54. The van der Waals surface area contributed by atoms with E-state index in [0.29, 0.717) is 11.8 Å². The Hall–Kier alpha value is -1.89. The molecule has 0 spiro atoms. The van der Waals surface area contributed by atoms with Gasteiger partial charge in [0, 0.05) is 5.71 Å². The minimum Gasteiger partial charge on any atom is -0.252 e. The molecule has 2 rings (SSSR count). The standard InChI is InChI=1S/C21H27N/c1-6-20(17-11-8-7-9-12-17)22-21-18(15(2)3)13-10-14-19(21)16(4)5/h7-16H,6H2,1-5H3. The van der Waals surface area contributed by atoms with Crippen LogP contribution in [0.5, 0.6) is 0 Å². The maximum atomic E-state index is 5.11. The molecule has 0 atom stereocenters. The van der Waals surface area contributed by atoms with Crippen LogP contribution in [0.1, 0.15) is 69.6 Å². The van der Waals surface area contributed by atoms with Crippen molar-refractivity contribution in [3.05, 3.63) is 65.2 Å². The molecule has 0 aliphatic rings. The second-order valence-corrected chi connectivity index (χ2v) is 6.37. The van der Waals surface area contributed by atoms with Crippen molar-refractivity contribution in [2.45, 2.75) is 52.9 Å². The van der Waals surface area contributed by atoms with Crippen LogP contribution in [0, 0.1) is 0 Å². The molecular formula is C21H27N. The minimum absolute atomic E-state index is 0.478. The van der Waals surface area contributed by atoms with Gasteiger partial charge in [-0.15, -0.1) is 0 Å². The molecular weight excluding hydrogens is 266 g/mol. The molecule has 0 saturated heterocycles. The third kappa shape index (κ3) is 3.65. The summed E-state index contributed by atoms with van der Waals surface area (Å²) in [6, 6.07) is 17.1. The predicted octanol–water partition coefficient (Wildman–Crippen LogP) is 6.46. The fourth-order valence-corrected chi connectivity index (χ4v) is 2.75. The molecule has 0 fully saturated rings. The van der Waals surface area contributed by atoms with E-state index in [4.69, 9.17) is 4.99 Å². The van der Waals surface area contributed by atoms with Gasteiger partial charge in [0.2, 0.25) is 0 Å². The van der Waals surface area contributed by atoms with E-state index < -0.39 is 0 Å². The van der Waals surface area contributed by atoms with Crippen LogP contribution >= 0.6 is 0 Å². The average Bonchev–Trinajstić information content (AvgIpc) is 2.52. The van der Waals surface area contributed by atoms with E-state index in [1.165, 1.54) is 22.4 Å². The van der Waals surface area contributed by atoms with Crippen molar-refractivity contribution in [2.75, 3.05) is 0 Å². The first-order valence-corrected chi connectivity index (χ1v) is 8.30. The number of hydrogen-bond donors (Lipinski definition) is 0. The largest absolute Gasteiger partial charge is 0.252 e. The molecule has 0 bridgehead atoms. The monoisotopic (exact) mass is 293 g/mol. The first-order chi connectivity index (χ1) is 10.5. The first kappa shape index (κ1) is 16.5. The number of aliphatic imine (C=N–C) groups is 1. The average molecular weight is 293 g/mol. The summed E-state index contributed by atoms with van der Waals surface area (Å²) < 4.78 is 0. The number of para-hydroxylation sites is 1. The Morgan fingerprint density at radius 3 is 1.82 bits per heavy atom. The van der Waals surface area contributed by atoms with Gasteiger partial charge >= 0.3 is 0 Å². The van der Waals surface area contributed by atoms with Crippen LogP contribution in [0.15, 0.2) is 53.5 Å². The van der Waals surface area contributed by atoms with Gasteiger partial charge in [-0.25, -0.2) is 0 Å². The zero-order valence-electron chi connectivity index (χ0n) is 14.4. The number of rotatable bonds is 5. The van der Waals surface area contributed by atoms with E-state index >= 15 is 0 Å². The van der Waals surface area contributed by atoms with Crippen molar-refractivity contribution in [3.8, 4) is 0 Å². The molecule has 0 amide bonds. The third-order valence-corrected chi connectivity index (χ3v) is 4.03. The molecule has 0 aliphatic heterocycles. The summed E-state index contributed by atoms with van der Waals surface area (Å²) in [5, 5.41) is 0. The second kappa shape index (κ2) is 7.40. The van der Waals surface area contributed by atoms with Crippen LogP contribution < -0.4 is 0 Å². The lowest BCUT2D eigenvalue weighted by Gasteiger charge is -2.17. The molecule has 22 heavy (non-hydrogen) atoms. The van der Waals surface area contributed by atoms with Crippen LogP contribution in [-0.4, -0.2) is 5.71 Å². The van der Waals surface area contributed by atoms with Crippen molar-refractivity contribution in [2.24, 2.45) is 4.99 Å². The van der Waals surface area contributed by atoms with Gasteiger partial charge in [0.25, 0.3) is 0 Å². The number of hydrogen-bond acceptors (Lipinski definition) is 1. The van der Waals surface area contributed by atoms with Gasteiger partial charge in [-0.3, -0.25) is 4.99 Å². The molecule has 2 aromatic carbocycles. The molecule has 2 aromatic rings. The summed E-state index contributed by atoms with van der Waals surface area (Å²) in [5.74, 6) is 0.956. The highest BCUT2D eigenvalue weighted by atomic mass is 14.8. The van der Waals surface area contributed by atoms with Gasteiger partial charge < -0.3 is 0 Å². The quantitative estimate of drug-likeness (QED) is 0.561. The second-order valence-electron chi connectivity index (χ2n) is 6.37. The Labute approximate surface area is 135 Å². The maximum absolute atomic E-state index is 5.11. The van der Waals surface area contributed by atoms with E-state index in [0.717, 1.165) is 12.1 Å². The zero-order valence-corrected chi connectivity index (χ0v) is 14.4. The molecule has 0 heterocycles. The molecule has 0 unspecified atom stereocenters. The van der Waals surface area contributed by atoms with Crippen molar-refractivity contribution < 1.29 is 0 Å². The van der Waals surface area contributed by atoms with E-state index in [1.54, 1.807) is 0 Å². The van der Waals surface area contributed by atoms with Crippen molar-refractivity contribution in [1.82, 2.24) is 0 Å². The fourth-order valence-electron chi connectivity index (χ4n) is 2.75. The molecule has 116 valence electrons. The lowest BCUT2D eigenvalue weighted by atomic mass is 9.92. The molecule has 1 nitrogen and oxygen atoms in total. The van der Waals surface area contributed by atoms with Crippen LogP contribution in [0.4, 0.5) is 5.69 Å². The van der Waals surface area contributed by atoms with Gasteiger partial charge in [-0.1, -0.05) is 83.1 Å². The Balaban J connectivity index is 2.61. The highest BCUT2D eigenvalue weighted by Gasteiger charge is 2.14. The predicted molar refractivity (Wildman–Crippen MR) is 97.6 cm³/mol. The van der Waals surface area contributed by atoms with Crippen LogP contribution in [0.3, 0.4) is 0 Å². The van der Waals surface area contributed by atoms with Gasteiger partial charge in [0.05, 0.1) is 5.69 Å². The van der Waals surface area contributed by atoms with E-state index in [9.17, 15) is 0 Å². The number of benzene rings is 2. The van der Waals surface area contributed by atoms with Gasteiger partial charge in [0.1, 0.15) is 0 Å². The summed E-state index contributed by atoms with van der Waals surface area (Å²) in [6.45, 7) is 11.2. The third-order valence-electron chi connectivity index (χ3n) is 4.03. The molecule has 1 heteroatoms. The Morgan fingerprint density at radius 1 is 0.818 bits per heavy atom. The first-order valence-electron chi connectivity index (χ1n) is 8.30. The van der Waals surface area contributed by atoms with Crippen molar-refractivity contribution >= 4 is 11.4 Å². The van der Waals surface area contributed by atoms with Crippen LogP contribution in [0.2, 0.25) is 0 Å². The lowest BCUT2D eigenvalue weighted by molar-refractivity contribution is 0.834. The van der Waals surface area contributed by atoms with Gasteiger partial charge in [-0.05, 0) is 34.9 Å². The SMILES string of the molecule is CCC(=Nc1c(C(C)C)cccc1C(C)C)c1ccccc1. The van der Waals surface area contributed by atoms with Crippen LogP contribution in [0.25, 0.3) is 0 Å². The summed E-state index contributed by atoms with van der Waals surface area (Å²) in [4.78, 5) is 5.11. The lowest BCUT2D eigenvalue weighted by Crippen LogP contribution is -2.01. The summed E-state index contributed by atoms with van der Waals surface area (Å²) in [6.07, 6.45) is 0.938. The summed E-state index contributed by atoms with van der Waals surface area (Å²) >= 11 is 0. The summed E-state index contributed by atoms with van der Waals surface area (Å²) in [5.41, 5.74) is 6.24. The zero-order chi connectivity index (χ0) is 16.1. The maximum Gasteiger partial charge on any atom is 0.0702 e. The smallest absolute Gasteiger partial charge is 0.0702 e. The molecule has 0 saturated carbocycles. The molecule has 0 aromatic heterocycles. The van der Waals surface area contributed by atoms with Crippen LogP contribution in [-0.2, 0) is 0 Å². The normalized spacial score (nSPS) is 12.2. The van der Waals surface area contributed by atoms with E-state index in [1.807, 2.05) is 0 Å². The Bertz CT molecular complexity index is 610. The molecule has 0 N–H and O–H groups in total. The topological polar surface area (TPSA) is 12.4 Å².